The summed E-state index contributed by atoms with van der Waals surface area (Å²) < 4.78 is 30.3. The summed E-state index contributed by atoms with van der Waals surface area (Å²) in [6.45, 7) is 2.42. The Hall–Kier alpha value is -4.76. The van der Waals surface area contributed by atoms with Crippen molar-refractivity contribution in [3.8, 4) is 0 Å². The maximum Gasteiger partial charge on any atom is 0.249 e. The number of nitrogens with zero attached hydrogens (tertiary/aromatic N) is 4. The first-order valence-electron chi connectivity index (χ1n) is 21.3. The van der Waals surface area contributed by atoms with Gasteiger partial charge in [0, 0.05) is 60.9 Å². The number of aliphatic imine (C=N–C) groups is 1. The minimum Gasteiger partial charge on any atom is -0.374 e. The molecule has 58 heavy (non-hydrogen) atoms. The van der Waals surface area contributed by atoms with E-state index in [1.165, 1.54) is 12.3 Å². The number of nitrogens with one attached hydrogen (secondary N) is 5. The summed E-state index contributed by atoms with van der Waals surface area (Å²) in [5.74, 6) is -0.507. The smallest absolute Gasteiger partial charge is 0.249 e. The number of carbonyl (C=O) groups is 4. The zero-order valence-electron chi connectivity index (χ0n) is 33.0. The molecule has 5 fully saturated rings. The van der Waals surface area contributed by atoms with Gasteiger partial charge < -0.3 is 20.9 Å². The van der Waals surface area contributed by atoms with E-state index in [0.29, 0.717) is 53.8 Å². The largest absolute Gasteiger partial charge is 0.374 e. The van der Waals surface area contributed by atoms with E-state index in [1.54, 1.807) is 23.2 Å². The Balaban J connectivity index is 0.736. The summed E-state index contributed by atoms with van der Waals surface area (Å²) in [7, 11) is 0. The monoisotopic (exact) mass is 799 g/mol. The molecule has 2 atom stereocenters. The molecule has 2 aromatic rings. The summed E-state index contributed by atoms with van der Waals surface area (Å²) in [4.78, 5) is 62.3. The molecular formula is C43H55F2N9O4. The predicted octanol–water partition coefficient (Wildman–Crippen LogP) is 5.01. The van der Waals surface area contributed by atoms with Crippen LogP contribution in [0.1, 0.15) is 113 Å². The van der Waals surface area contributed by atoms with Crippen molar-refractivity contribution in [1.29, 1.82) is 0 Å². The molecule has 0 radical (unpaired) electrons. The lowest BCUT2D eigenvalue weighted by Gasteiger charge is -2.41. The molecule has 1 aromatic carbocycles. The quantitative estimate of drug-likeness (QED) is 0.209. The molecule has 13 nitrogen and oxygen atoms in total. The van der Waals surface area contributed by atoms with Crippen LogP contribution in [-0.4, -0.2) is 89.8 Å². The van der Waals surface area contributed by atoms with Crippen molar-refractivity contribution in [2.24, 2.45) is 10.9 Å². The molecular weight excluding hydrogens is 745 g/mol. The van der Waals surface area contributed by atoms with Gasteiger partial charge in [-0.3, -0.25) is 39.7 Å². The molecule has 3 saturated heterocycles. The predicted molar refractivity (Wildman–Crippen MR) is 217 cm³/mol. The maximum atomic E-state index is 15.3. The number of allylic oxidation sites excluding steroid dienone is 1. The lowest BCUT2D eigenvalue weighted by molar-refractivity contribution is -0.133. The average molecular weight is 800 g/mol. The zero-order valence-corrected chi connectivity index (χ0v) is 33.0. The number of likely N-dealkylation sites (tertiary alicyclic amines) is 1. The second kappa shape index (κ2) is 18.0. The van der Waals surface area contributed by atoms with E-state index >= 15 is 8.78 Å². The fourth-order valence-corrected chi connectivity index (χ4v) is 9.73. The van der Waals surface area contributed by atoms with Crippen molar-refractivity contribution in [2.75, 3.05) is 29.9 Å². The molecule has 15 heteroatoms. The highest BCUT2D eigenvalue weighted by atomic mass is 19.1. The van der Waals surface area contributed by atoms with Gasteiger partial charge in [0.1, 0.15) is 17.7 Å². The minimum absolute atomic E-state index is 0.0219. The Morgan fingerprint density at radius 1 is 0.828 bits per heavy atom. The van der Waals surface area contributed by atoms with Crippen LogP contribution in [0.15, 0.2) is 47.3 Å². The van der Waals surface area contributed by atoms with Crippen LogP contribution in [0.4, 0.5) is 20.3 Å². The number of hydrogen-bond donors (Lipinski definition) is 5. The number of hydrogen-bond acceptors (Lipinski definition) is 10. The number of anilines is 2. The van der Waals surface area contributed by atoms with Gasteiger partial charge in [0.05, 0.1) is 11.9 Å². The van der Waals surface area contributed by atoms with Crippen molar-refractivity contribution in [1.82, 2.24) is 31.2 Å². The van der Waals surface area contributed by atoms with Gasteiger partial charge in [-0.05, 0) is 132 Å². The third-order valence-electron chi connectivity index (χ3n) is 13.1. The number of pyridine rings is 1. The minimum atomic E-state index is -0.548. The molecule has 4 aliphatic heterocycles. The van der Waals surface area contributed by atoms with Crippen LogP contribution in [-0.2, 0) is 19.2 Å². The third-order valence-corrected chi connectivity index (χ3v) is 13.1. The van der Waals surface area contributed by atoms with E-state index < -0.39 is 18.2 Å². The van der Waals surface area contributed by atoms with Gasteiger partial charge in [-0.2, -0.15) is 0 Å². The number of halogens is 2. The fourth-order valence-electron chi connectivity index (χ4n) is 9.73. The molecule has 8 rings (SSSR count). The van der Waals surface area contributed by atoms with Gasteiger partial charge in [-0.25, -0.2) is 13.8 Å². The molecule has 4 amide bonds. The number of imide groups is 1. The molecule has 6 aliphatic rings. The Morgan fingerprint density at radius 3 is 2.34 bits per heavy atom. The van der Waals surface area contributed by atoms with Crippen LogP contribution >= 0.6 is 0 Å². The van der Waals surface area contributed by atoms with Gasteiger partial charge in [-0.1, -0.05) is 6.07 Å². The van der Waals surface area contributed by atoms with E-state index in [-0.39, 0.29) is 59.8 Å². The first-order valence-corrected chi connectivity index (χ1v) is 21.3. The Morgan fingerprint density at radius 2 is 1.60 bits per heavy atom. The maximum absolute atomic E-state index is 15.3. The van der Waals surface area contributed by atoms with Crippen LogP contribution in [0.5, 0.6) is 0 Å². The highest BCUT2D eigenvalue weighted by molar-refractivity contribution is 6.01. The van der Waals surface area contributed by atoms with Crippen molar-refractivity contribution in [3.63, 3.8) is 0 Å². The summed E-state index contributed by atoms with van der Waals surface area (Å²) in [5, 5.41) is 15.5. The molecule has 2 saturated carbocycles. The zero-order chi connectivity index (χ0) is 40.2. The Bertz CT molecular complexity index is 1920. The van der Waals surface area contributed by atoms with Gasteiger partial charge >= 0.3 is 0 Å². The van der Waals surface area contributed by atoms with E-state index in [0.717, 1.165) is 90.1 Å². The normalized spacial score (nSPS) is 28.9. The van der Waals surface area contributed by atoms with E-state index in [9.17, 15) is 19.2 Å². The van der Waals surface area contributed by atoms with Crippen LogP contribution in [0.2, 0.25) is 0 Å². The number of piperidine rings is 3. The molecule has 2 aliphatic carbocycles. The summed E-state index contributed by atoms with van der Waals surface area (Å²) in [6.07, 6.45) is 14.2. The molecule has 0 spiro atoms. The summed E-state index contributed by atoms with van der Waals surface area (Å²) in [5.41, 5.74) is 2.18. The molecule has 5 heterocycles. The van der Waals surface area contributed by atoms with Gasteiger partial charge in [0.2, 0.25) is 23.6 Å². The van der Waals surface area contributed by atoms with Gasteiger partial charge in [-0.15, -0.1) is 0 Å². The van der Waals surface area contributed by atoms with Gasteiger partial charge in [0.25, 0.3) is 0 Å². The SMILES string of the molecule is O=C1CCC(Nc2ccc(C3CCN(C4CCC(C(=O)NC5CCC(NC6N=CC(F)=C(c7ccnc(N8CCCCC8=O)c7)N6)CC5)CC4)CC3)c(F)c2)C(=O)N1. The Labute approximate surface area is 338 Å². The van der Waals surface area contributed by atoms with Crippen LogP contribution in [0, 0.1) is 11.7 Å². The highest BCUT2D eigenvalue weighted by Gasteiger charge is 2.34. The topological polar surface area (TPSA) is 160 Å². The van der Waals surface area contributed by atoms with Crippen LogP contribution in [0.3, 0.4) is 0 Å². The fraction of sp³-hybridized carbons (Fsp3) is 0.581. The summed E-state index contributed by atoms with van der Waals surface area (Å²) >= 11 is 0. The summed E-state index contributed by atoms with van der Waals surface area (Å²) in [6, 6.07) is 8.80. The molecule has 310 valence electrons. The van der Waals surface area contributed by atoms with Gasteiger partial charge in [0.15, 0.2) is 12.1 Å². The molecule has 2 unspecified atom stereocenters. The average Bonchev–Trinajstić information content (AvgIpc) is 3.24. The highest BCUT2D eigenvalue weighted by Crippen LogP contribution is 2.36. The van der Waals surface area contributed by atoms with E-state index in [4.69, 9.17) is 0 Å². The van der Waals surface area contributed by atoms with Crippen molar-refractivity contribution in [3.05, 3.63) is 59.3 Å². The number of benzene rings is 1. The first-order chi connectivity index (χ1) is 28.2. The van der Waals surface area contributed by atoms with Crippen molar-refractivity contribution >= 4 is 47.0 Å². The second-order valence-electron chi connectivity index (χ2n) is 16.9. The van der Waals surface area contributed by atoms with E-state index in [2.05, 4.69) is 41.5 Å². The molecule has 1 aromatic heterocycles. The van der Waals surface area contributed by atoms with Crippen LogP contribution in [0.25, 0.3) is 5.70 Å². The standard InChI is InChI=1S/C43H55F2N9O4/c44-34-24-31(48-36-14-15-38(55)51-42(36)58)10-13-33(34)26-17-21-53(22-18-26)32-11-4-27(5-12-32)41(57)49-29-6-8-30(9-7-29)50-43-47-25-35(45)40(52-43)28-16-19-46-37(23-28)54-20-2-1-3-39(54)56/h10,13,16,19,23-27,29-30,32,36,43,48,50,52H,1-9,11-12,14-15,17-18,20-22H2,(H,49,57)(H,51,55,58). The van der Waals surface area contributed by atoms with Crippen molar-refractivity contribution < 1.29 is 28.0 Å². The van der Waals surface area contributed by atoms with Crippen LogP contribution < -0.4 is 31.5 Å². The Kier molecular flexibility index (Phi) is 12.4. The number of carbonyl (C=O) groups excluding carboxylic acids is 4. The van der Waals surface area contributed by atoms with Crippen molar-refractivity contribution in [2.45, 2.75) is 133 Å². The lowest BCUT2D eigenvalue weighted by Crippen LogP contribution is -2.50. The number of amides is 4. The lowest BCUT2D eigenvalue weighted by atomic mass is 9.82. The molecule has 5 N–H and O–H groups in total. The third kappa shape index (κ3) is 9.41. The molecule has 0 bridgehead atoms. The van der Waals surface area contributed by atoms with E-state index in [1.807, 2.05) is 12.1 Å². The first kappa shape index (κ1) is 40.0. The number of rotatable bonds is 10. The number of aromatic nitrogens is 1. The second-order valence-corrected chi connectivity index (χ2v) is 16.9.